The first kappa shape index (κ1) is 22.4. The molecule has 3 rings (SSSR count). The molecule has 10 heteroatoms. The lowest BCUT2D eigenvalue weighted by Gasteiger charge is -2.33. The fourth-order valence-electron chi connectivity index (χ4n) is 3.34. The average Bonchev–Trinajstić information content (AvgIpc) is 2.73. The van der Waals surface area contributed by atoms with Crippen LogP contribution in [0.25, 0.3) is 5.69 Å². The van der Waals surface area contributed by atoms with Crippen molar-refractivity contribution in [3.63, 3.8) is 0 Å². The zero-order valence-electron chi connectivity index (χ0n) is 17.8. The van der Waals surface area contributed by atoms with Crippen molar-refractivity contribution >= 4 is 15.8 Å². The standard InChI is InChI=1S/C20H30N6O3S/c1-23(2)30(28,29)18-8-6-17(7-9-18)26-15-16(5-4-10-21)22-19(20(26)27)25-13-11-24(3)12-14-25/h6-9,15H,4-5,10-14,21H2,1-3H3. The number of sulfonamides is 1. The van der Waals surface area contributed by atoms with Gasteiger partial charge in [-0.1, -0.05) is 0 Å². The summed E-state index contributed by atoms with van der Waals surface area (Å²) in [5, 5.41) is 0. The second-order valence-electron chi connectivity index (χ2n) is 7.69. The Kier molecular flexibility index (Phi) is 6.91. The lowest BCUT2D eigenvalue weighted by atomic mass is 10.2. The highest BCUT2D eigenvalue weighted by molar-refractivity contribution is 7.89. The highest BCUT2D eigenvalue weighted by Gasteiger charge is 2.21. The van der Waals surface area contributed by atoms with Crippen LogP contribution in [0.2, 0.25) is 0 Å². The maximum Gasteiger partial charge on any atom is 0.298 e. The first-order valence-electron chi connectivity index (χ1n) is 10.0. The molecule has 0 amide bonds. The molecule has 0 spiro atoms. The Morgan fingerprint density at radius 2 is 1.73 bits per heavy atom. The van der Waals surface area contributed by atoms with Crippen molar-refractivity contribution in [2.45, 2.75) is 17.7 Å². The van der Waals surface area contributed by atoms with E-state index in [0.717, 1.165) is 42.6 Å². The van der Waals surface area contributed by atoms with Gasteiger partial charge in [0.25, 0.3) is 5.56 Å². The molecule has 0 bridgehead atoms. The van der Waals surface area contributed by atoms with Crippen LogP contribution < -0.4 is 16.2 Å². The van der Waals surface area contributed by atoms with Crippen molar-refractivity contribution in [3.8, 4) is 5.69 Å². The highest BCUT2D eigenvalue weighted by atomic mass is 32.2. The summed E-state index contributed by atoms with van der Waals surface area (Å²) < 4.78 is 27.4. The molecule has 1 aliphatic heterocycles. The van der Waals surface area contributed by atoms with Crippen molar-refractivity contribution in [2.75, 3.05) is 58.8 Å². The SMILES string of the molecule is CN1CCN(c2nc(CCCN)cn(-c3ccc(S(=O)(=O)N(C)C)cc3)c2=O)CC1. The normalized spacial score (nSPS) is 15.7. The Balaban J connectivity index is 2.03. The maximum absolute atomic E-state index is 13.3. The van der Waals surface area contributed by atoms with Crippen molar-refractivity contribution in [1.82, 2.24) is 18.8 Å². The van der Waals surface area contributed by atoms with Crippen LogP contribution in [0.1, 0.15) is 12.1 Å². The van der Waals surface area contributed by atoms with Gasteiger partial charge in [-0.15, -0.1) is 0 Å². The van der Waals surface area contributed by atoms with Crippen LogP contribution in [-0.2, 0) is 16.4 Å². The molecule has 164 valence electrons. The number of aryl methyl sites for hydroxylation is 1. The van der Waals surface area contributed by atoms with Crippen LogP contribution in [-0.4, -0.2) is 81.0 Å². The van der Waals surface area contributed by atoms with Crippen LogP contribution in [0.4, 0.5) is 5.82 Å². The van der Waals surface area contributed by atoms with Crippen molar-refractivity contribution in [3.05, 3.63) is 46.5 Å². The Labute approximate surface area is 177 Å². The molecule has 0 unspecified atom stereocenters. The second-order valence-corrected chi connectivity index (χ2v) is 9.85. The van der Waals surface area contributed by atoms with Crippen molar-refractivity contribution in [2.24, 2.45) is 5.73 Å². The molecule has 1 aromatic carbocycles. The van der Waals surface area contributed by atoms with Gasteiger partial charge in [0, 0.05) is 52.2 Å². The van der Waals surface area contributed by atoms with Crippen LogP contribution >= 0.6 is 0 Å². The maximum atomic E-state index is 13.3. The first-order chi connectivity index (χ1) is 14.2. The smallest absolute Gasteiger partial charge is 0.298 e. The third-order valence-electron chi connectivity index (χ3n) is 5.27. The van der Waals surface area contributed by atoms with E-state index in [0.29, 0.717) is 24.5 Å². The molecule has 2 aromatic rings. The monoisotopic (exact) mass is 434 g/mol. The van der Waals surface area contributed by atoms with Gasteiger partial charge in [0.1, 0.15) is 0 Å². The van der Waals surface area contributed by atoms with E-state index in [1.807, 2.05) is 4.90 Å². The molecule has 9 nitrogen and oxygen atoms in total. The van der Waals surface area contributed by atoms with Crippen LogP contribution in [0.15, 0.2) is 40.2 Å². The molecule has 0 saturated carbocycles. The summed E-state index contributed by atoms with van der Waals surface area (Å²) in [5.74, 6) is 0.433. The number of rotatable bonds is 7. The third-order valence-corrected chi connectivity index (χ3v) is 7.10. The minimum Gasteiger partial charge on any atom is -0.349 e. The van der Waals surface area contributed by atoms with E-state index in [2.05, 4.69) is 16.9 Å². The van der Waals surface area contributed by atoms with Gasteiger partial charge in [-0.3, -0.25) is 9.36 Å². The minimum atomic E-state index is -3.53. The second kappa shape index (κ2) is 9.25. The van der Waals surface area contributed by atoms with Crippen LogP contribution in [0.5, 0.6) is 0 Å². The lowest BCUT2D eigenvalue weighted by Crippen LogP contribution is -2.47. The Morgan fingerprint density at radius 3 is 2.30 bits per heavy atom. The number of benzene rings is 1. The summed E-state index contributed by atoms with van der Waals surface area (Å²) in [4.78, 5) is 22.3. The number of nitrogens with two attached hydrogens (primary N) is 1. The van der Waals surface area contributed by atoms with Gasteiger partial charge in [-0.2, -0.15) is 0 Å². The predicted octanol–water partition coefficient (Wildman–Crippen LogP) is 0.126. The molecule has 2 N–H and O–H groups in total. The fraction of sp³-hybridized carbons (Fsp3) is 0.500. The van der Waals surface area contributed by atoms with E-state index in [1.165, 1.54) is 26.2 Å². The van der Waals surface area contributed by atoms with Gasteiger partial charge < -0.3 is 15.5 Å². The van der Waals surface area contributed by atoms with Gasteiger partial charge in [0.05, 0.1) is 10.6 Å². The Morgan fingerprint density at radius 1 is 1.10 bits per heavy atom. The topological polar surface area (TPSA) is 105 Å². The number of hydrogen-bond donors (Lipinski definition) is 1. The number of piperazine rings is 1. The minimum absolute atomic E-state index is 0.181. The molecule has 2 heterocycles. The Hall–Kier alpha value is -2.27. The summed E-state index contributed by atoms with van der Waals surface area (Å²) in [6.45, 7) is 3.75. The summed E-state index contributed by atoms with van der Waals surface area (Å²) in [6.07, 6.45) is 3.17. The zero-order chi connectivity index (χ0) is 21.9. The predicted molar refractivity (Wildman–Crippen MR) is 118 cm³/mol. The number of hydrogen-bond acceptors (Lipinski definition) is 7. The van der Waals surface area contributed by atoms with E-state index >= 15 is 0 Å². The molecule has 0 atom stereocenters. The molecule has 1 aliphatic rings. The molecule has 1 fully saturated rings. The quantitative estimate of drug-likeness (QED) is 0.660. The Bertz CT molecular complexity index is 1030. The molecular formula is C20H30N6O3S. The molecule has 30 heavy (non-hydrogen) atoms. The van der Waals surface area contributed by atoms with Gasteiger partial charge in [-0.05, 0) is 50.7 Å². The molecule has 0 aliphatic carbocycles. The fourth-order valence-corrected chi connectivity index (χ4v) is 4.24. The third kappa shape index (κ3) is 4.72. The molecular weight excluding hydrogens is 404 g/mol. The van der Waals surface area contributed by atoms with E-state index in [9.17, 15) is 13.2 Å². The van der Waals surface area contributed by atoms with Gasteiger partial charge in [0.2, 0.25) is 10.0 Å². The number of nitrogens with zero attached hydrogens (tertiary/aromatic N) is 5. The summed E-state index contributed by atoms with van der Waals surface area (Å²) in [6, 6.07) is 6.34. The largest absolute Gasteiger partial charge is 0.349 e. The van der Waals surface area contributed by atoms with E-state index in [1.54, 1.807) is 22.9 Å². The summed E-state index contributed by atoms with van der Waals surface area (Å²) in [7, 11) is 1.51. The van der Waals surface area contributed by atoms with Gasteiger partial charge in [0.15, 0.2) is 5.82 Å². The number of anilines is 1. The number of aromatic nitrogens is 2. The first-order valence-corrected chi connectivity index (χ1v) is 11.5. The van der Waals surface area contributed by atoms with Crippen molar-refractivity contribution < 1.29 is 8.42 Å². The molecule has 0 radical (unpaired) electrons. The highest BCUT2D eigenvalue weighted by Crippen LogP contribution is 2.18. The molecule has 1 saturated heterocycles. The van der Waals surface area contributed by atoms with Gasteiger partial charge >= 0.3 is 0 Å². The zero-order valence-corrected chi connectivity index (χ0v) is 18.6. The van der Waals surface area contributed by atoms with E-state index in [-0.39, 0.29) is 10.5 Å². The van der Waals surface area contributed by atoms with Crippen LogP contribution in [0.3, 0.4) is 0 Å². The molecule has 1 aromatic heterocycles. The van der Waals surface area contributed by atoms with Gasteiger partial charge in [-0.25, -0.2) is 17.7 Å². The summed E-state index contributed by atoms with van der Waals surface area (Å²) in [5.41, 5.74) is 6.84. The van der Waals surface area contributed by atoms with Crippen molar-refractivity contribution in [1.29, 1.82) is 0 Å². The van der Waals surface area contributed by atoms with Crippen LogP contribution in [0, 0.1) is 0 Å². The van der Waals surface area contributed by atoms with E-state index in [4.69, 9.17) is 5.73 Å². The summed E-state index contributed by atoms with van der Waals surface area (Å²) >= 11 is 0. The average molecular weight is 435 g/mol. The lowest BCUT2D eigenvalue weighted by molar-refractivity contribution is 0.311. The van der Waals surface area contributed by atoms with E-state index < -0.39 is 10.0 Å². The number of likely N-dealkylation sites (N-methyl/N-ethyl adjacent to an activating group) is 1.